The van der Waals surface area contributed by atoms with E-state index in [1.54, 1.807) is 23.7 Å². The lowest BCUT2D eigenvalue weighted by atomic mass is 10.3. The molecule has 0 bridgehead atoms. The van der Waals surface area contributed by atoms with Crippen LogP contribution in [0, 0.1) is 6.92 Å². The Bertz CT molecular complexity index is 422. The number of rotatable bonds is 1. The molecule has 66 valence electrons. The van der Waals surface area contributed by atoms with E-state index in [9.17, 15) is 0 Å². The maximum absolute atomic E-state index is 5.78. The second-order valence-electron chi connectivity index (χ2n) is 2.68. The summed E-state index contributed by atoms with van der Waals surface area (Å²) < 4.78 is 0. The van der Waals surface area contributed by atoms with Crippen molar-refractivity contribution >= 4 is 17.0 Å². The molecule has 2 aromatic rings. The molecule has 0 aliphatic carbocycles. The first-order valence-electron chi connectivity index (χ1n) is 3.90. The Labute approximate surface area is 80.3 Å². The number of aromatic nitrogens is 2. The molecular formula is C9H9N3S. The fraction of sp³-hybridized carbons (Fsp3) is 0.111. The zero-order valence-electron chi connectivity index (χ0n) is 7.19. The van der Waals surface area contributed by atoms with Gasteiger partial charge in [0.15, 0.2) is 0 Å². The third-order valence-corrected chi connectivity index (χ3v) is 2.61. The lowest BCUT2D eigenvalue weighted by Crippen LogP contribution is -1.90. The average Bonchev–Trinajstić information content (AvgIpc) is 2.53. The van der Waals surface area contributed by atoms with E-state index < -0.39 is 0 Å². The number of thiazole rings is 1. The monoisotopic (exact) mass is 191 g/mol. The molecule has 0 aromatic carbocycles. The van der Waals surface area contributed by atoms with Crippen molar-refractivity contribution in [3.8, 4) is 10.6 Å². The first-order chi connectivity index (χ1) is 6.27. The number of anilines is 1. The Balaban J connectivity index is 2.52. The quantitative estimate of drug-likeness (QED) is 0.751. The van der Waals surface area contributed by atoms with E-state index in [0.29, 0.717) is 5.69 Å². The maximum atomic E-state index is 5.78. The number of hydrogen-bond acceptors (Lipinski definition) is 4. The Kier molecular flexibility index (Phi) is 1.98. The molecule has 0 saturated carbocycles. The molecule has 0 saturated heterocycles. The SMILES string of the molecule is Cc1ncc(-c2ncccc2N)s1. The van der Waals surface area contributed by atoms with E-state index in [4.69, 9.17) is 5.73 Å². The number of nitrogens with two attached hydrogens (primary N) is 1. The van der Waals surface area contributed by atoms with Crippen LogP contribution in [0.25, 0.3) is 10.6 Å². The van der Waals surface area contributed by atoms with Crippen LogP contribution in [0.4, 0.5) is 5.69 Å². The van der Waals surface area contributed by atoms with Crippen LogP contribution in [0.5, 0.6) is 0 Å². The van der Waals surface area contributed by atoms with E-state index in [2.05, 4.69) is 9.97 Å². The van der Waals surface area contributed by atoms with Gasteiger partial charge in [-0.2, -0.15) is 0 Å². The van der Waals surface area contributed by atoms with Gasteiger partial charge in [-0.15, -0.1) is 11.3 Å². The molecule has 0 atom stereocenters. The van der Waals surface area contributed by atoms with Crippen LogP contribution in [0.1, 0.15) is 5.01 Å². The number of pyridine rings is 1. The Morgan fingerprint density at radius 3 is 2.85 bits per heavy atom. The minimum absolute atomic E-state index is 0.700. The summed E-state index contributed by atoms with van der Waals surface area (Å²) in [5.74, 6) is 0. The molecule has 0 aliphatic rings. The molecule has 4 heteroatoms. The summed E-state index contributed by atoms with van der Waals surface area (Å²) >= 11 is 1.60. The average molecular weight is 191 g/mol. The number of hydrogen-bond donors (Lipinski definition) is 1. The van der Waals surface area contributed by atoms with Gasteiger partial charge in [-0.3, -0.25) is 4.98 Å². The fourth-order valence-corrected chi connectivity index (χ4v) is 1.89. The van der Waals surface area contributed by atoms with Gasteiger partial charge in [0.25, 0.3) is 0 Å². The summed E-state index contributed by atoms with van der Waals surface area (Å²) in [6, 6.07) is 3.67. The van der Waals surface area contributed by atoms with Gasteiger partial charge >= 0.3 is 0 Å². The van der Waals surface area contributed by atoms with Gasteiger partial charge in [0.1, 0.15) is 5.69 Å². The van der Waals surface area contributed by atoms with Crippen LogP contribution in [0.3, 0.4) is 0 Å². The van der Waals surface area contributed by atoms with Gasteiger partial charge in [0.05, 0.1) is 15.6 Å². The van der Waals surface area contributed by atoms with Crippen molar-refractivity contribution < 1.29 is 0 Å². The Hall–Kier alpha value is -1.42. The minimum atomic E-state index is 0.700. The topological polar surface area (TPSA) is 51.8 Å². The Morgan fingerprint density at radius 1 is 1.38 bits per heavy atom. The number of aryl methyl sites for hydroxylation is 1. The summed E-state index contributed by atoms with van der Waals surface area (Å²) in [6.07, 6.45) is 3.54. The molecule has 0 radical (unpaired) electrons. The van der Waals surface area contributed by atoms with Crippen LogP contribution in [-0.2, 0) is 0 Å². The highest BCUT2D eigenvalue weighted by molar-refractivity contribution is 7.15. The highest BCUT2D eigenvalue weighted by Crippen LogP contribution is 2.27. The molecule has 0 aliphatic heterocycles. The molecule has 0 unspecified atom stereocenters. The molecule has 13 heavy (non-hydrogen) atoms. The molecule has 0 amide bonds. The largest absolute Gasteiger partial charge is 0.397 e. The summed E-state index contributed by atoms with van der Waals surface area (Å²) in [5.41, 5.74) is 7.31. The minimum Gasteiger partial charge on any atom is -0.397 e. The van der Waals surface area contributed by atoms with Crippen molar-refractivity contribution in [1.29, 1.82) is 0 Å². The third-order valence-electron chi connectivity index (χ3n) is 1.69. The second kappa shape index (κ2) is 3.14. The summed E-state index contributed by atoms with van der Waals surface area (Å²) in [7, 11) is 0. The smallest absolute Gasteiger partial charge is 0.105 e. The van der Waals surface area contributed by atoms with Crippen LogP contribution in [-0.4, -0.2) is 9.97 Å². The van der Waals surface area contributed by atoms with Crippen LogP contribution in [0.15, 0.2) is 24.5 Å². The van der Waals surface area contributed by atoms with Crippen LogP contribution < -0.4 is 5.73 Å². The second-order valence-corrected chi connectivity index (χ2v) is 3.92. The van der Waals surface area contributed by atoms with Gasteiger partial charge in [0.2, 0.25) is 0 Å². The van der Waals surface area contributed by atoms with E-state index in [1.165, 1.54) is 0 Å². The highest BCUT2D eigenvalue weighted by atomic mass is 32.1. The van der Waals surface area contributed by atoms with Gasteiger partial charge in [0, 0.05) is 12.4 Å². The standard InChI is InChI=1S/C9H9N3S/c1-6-12-5-8(13-6)9-7(10)3-2-4-11-9/h2-5H,10H2,1H3. The first kappa shape index (κ1) is 8.19. The van der Waals surface area contributed by atoms with E-state index >= 15 is 0 Å². The normalized spacial score (nSPS) is 10.2. The van der Waals surface area contributed by atoms with Crippen molar-refractivity contribution in [2.24, 2.45) is 0 Å². The molecule has 2 heterocycles. The van der Waals surface area contributed by atoms with Crippen molar-refractivity contribution in [1.82, 2.24) is 9.97 Å². The Morgan fingerprint density at radius 2 is 2.23 bits per heavy atom. The highest BCUT2D eigenvalue weighted by Gasteiger charge is 2.05. The van der Waals surface area contributed by atoms with Crippen LogP contribution in [0.2, 0.25) is 0 Å². The lowest BCUT2D eigenvalue weighted by Gasteiger charge is -1.98. The molecule has 2 aromatic heterocycles. The lowest BCUT2D eigenvalue weighted by molar-refractivity contribution is 1.29. The zero-order chi connectivity index (χ0) is 9.26. The van der Waals surface area contributed by atoms with Gasteiger partial charge in [-0.1, -0.05) is 0 Å². The molecule has 0 fully saturated rings. The van der Waals surface area contributed by atoms with Crippen molar-refractivity contribution in [2.45, 2.75) is 6.92 Å². The van der Waals surface area contributed by atoms with E-state index in [0.717, 1.165) is 15.6 Å². The van der Waals surface area contributed by atoms with Gasteiger partial charge in [-0.25, -0.2) is 4.98 Å². The summed E-state index contributed by atoms with van der Waals surface area (Å²) in [4.78, 5) is 9.39. The third kappa shape index (κ3) is 1.53. The maximum Gasteiger partial charge on any atom is 0.105 e. The van der Waals surface area contributed by atoms with E-state index in [-0.39, 0.29) is 0 Å². The molecule has 2 rings (SSSR count). The molecule has 0 spiro atoms. The van der Waals surface area contributed by atoms with Crippen molar-refractivity contribution in [3.05, 3.63) is 29.5 Å². The van der Waals surface area contributed by atoms with Gasteiger partial charge < -0.3 is 5.73 Å². The summed E-state index contributed by atoms with van der Waals surface area (Å²) in [5, 5.41) is 1.03. The number of nitrogen functional groups attached to an aromatic ring is 1. The van der Waals surface area contributed by atoms with E-state index in [1.807, 2.05) is 19.1 Å². The van der Waals surface area contributed by atoms with Gasteiger partial charge in [-0.05, 0) is 19.1 Å². The predicted molar refractivity (Wildman–Crippen MR) is 54.5 cm³/mol. The summed E-state index contributed by atoms with van der Waals surface area (Å²) in [6.45, 7) is 1.97. The first-order valence-corrected chi connectivity index (χ1v) is 4.72. The number of nitrogens with zero attached hydrogens (tertiary/aromatic N) is 2. The predicted octanol–water partition coefficient (Wildman–Crippen LogP) is 2.10. The molecule has 3 nitrogen and oxygen atoms in total. The molecular weight excluding hydrogens is 182 g/mol. The van der Waals surface area contributed by atoms with Crippen molar-refractivity contribution in [2.75, 3.05) is 5.73 Å². The molecule has 2 N–H and O–H groups in total. The fourth-order valence-electron chi connectivity index (χ4n) is 1.09. The van der Waals surface area contributed by atoms with Crippen molar-refractivity contribution in [3.63, 3.8) is 0 Å². The zero-order valence-corrected chi connectivity index (χ0v) is 8.01. The van der Waals surface area contributed by atoms with Crippen LogP contribution >= 0.6 is 11.3 Å².